The molecule has 2 rings (SSSR count). The third kappa shape index (κ3) is 3.81. The molecule has 1 aliphatic heterocycles. The van der Waals surface area contributed by atoms with E-state index in [0.717, 1.165) is 0 Å². The van der Waals surface area contributed by atoms with Gasteiger partial charge in [0, 0.05) is 12.1 Å². The van der Waals surface area contributed by atoms with Crippen molar-refractivity contribution < 1.29 is 24.0 Å². The number of anilines is 1. The van der Waals surface area contributed by atoms with Crippen molar-refractivity contribution in [2.24, 2.45) is 5.92 Å². The first-order valence-electron chi connectivity index (χ1n) is 7.75. The van der Waals surface area contributed by atoms with Gasteiger partial charge in [-0.3, -0.25) is 24.6 Å². The van der Waals surface area contributed by atoms with Gasteiger partial charge in [-0.2, -0.15) is 0 Å². The van der Waals surface area contributed by atoms with Gasteiger partial charge in [-0.05, 0) is 18.4 Å². The predicted octanol–water partition coefficient (Wildman–Crippen LogP) is 2.30. The molecular formula is C16H20N2O6. The van der Waals surface area contributed by atoms with E-state index in [2.05, 4.69) is 0 Å². The molecule has 8 heteroatoms. The number of benzene rings is 1. The van der Waals surface area contributed by atoms with Gasteiger partial charge in [-0.1, -0.05) is 20.8 Å². The van der Waals surface area contributed by atoms with E-state index >= 15 is 0 Å². The second kappa shape index (κ2) is 7.29. The van der Waals surface area contributed by atoms with Crippen LogP contribution < -0.4 is 9.64 Å². The highest BCUT2D eigenvalue weighted by atomic mass is 16.6. The first-order chi connectivity index (χ1) is 11.3. The van der Waals surface area contributed by atoms with Gasteiger partial charge in [0.1, 0.15) is 12.3 Å². The number of carbonyl (C=O) groups is 2. The Kier molecular flexibility index (Phi) is 5.38. The van der Waals surface area contributed by atoms with E-state index in [4.69, 9.17) is 9.47 Å². The van der Waals surface area contributed by atoms with E-state index < -0.39 is 22.9 Å². The number of non-ortho nitro benzene ring substituents is 1. The normalized spacial score (nSPS) is 16.6. The largest absolute Gasteiger partial charge is 0.478 e. The van der Waals surface area contributed by atoms with Crippen LogP contribution in [0.5, 0.6) is 5.75 Å². The summed E-state index contributed by atoms with van der Waals surface area (Å²) in [5.41, 5.74) is 0.0287. The second-order valence-corrected chi connectivity index (χ2v) is 5.93. The number of amides is 1. The molecule has 0 saturated carbocycles. The fourth-order valence-electron chi connectivity index (χ4n) is 2.28. The summed E-state index contributed by atoms with van der Waals surface area (Å²) in [6, 6.07) is 3.97. The molecule has 1 aromatic rings. The zero-order valence-corrected chi connectivity index (χ0v) is 13.9. The van der Waals surface area contributed by atoms with Crippen molar-refractivity contribution in [3.8, 4) is 5.75 Å². The summed E-state index contributed by atoms with van der Waals surface area (Å²) < 4.78 is 10.7. The van der Waals surface area contributed by atoms with Gasteiger partial charge in [0.2, 0.25) is 0 Å². The molecule has 8 nitrogen and oxygen atoms in total. The monoisotopic (exact) mass is 336 g/mol. The number of nitro groups is 1. The summed E-state index contributed by atoms with van der Waals surface area (Å²) in [7, 11) is 0. The Bertz CT molecular complexity index is 658. The zero-order valence-electron chi connectivity index (χ0n) is 13.9. The first kappa shape index (κ1) is 17.7. The lowest BCUT2D eigenvalue weighted by Gasteiger charge is -2.33. The maximum Gasteiger partial charge on any atom is 0.326 e. The van der Waals surface area contributed by atoms with Crippen molar-refractivity contribution >= 4 is 23.3 Å². The highest BCUT2D eigenvalue weighted by Gasteiger charge is 2.35. The molecule has 0 N–H and O–H groups in total. The van der Waals surface area contributed by atoms with Crippen LogP contribution in [0.15, 0.2) is 18.2 Å². The molecule has 0 spiro atoms. The summed E-state index contributed by atoms with van der Waals surface area (Å²) in [5.74, 6) is -0.465. The van der Waals surface area contributed by atoms with Crippen molar-refractivity contribution in [3.63, 3.8) is 0 Å². The van der Waals surface area contributed by atoms with Crippen LogP contribution >= 0.6 is 0 Å². The van der Waals surface area contributed by atoms with Crippen LogP contribution in [0.25, 0.3) is 0 Å². The molecule has 0 fully saturated rings. The van der Waals surface area contributed by atoms with Crippen molar-refractivity contribution in [1.82, 2.24) is 0 Å². The molecule has 24 heavy (non-hydrogen) atoms. The number of esters is 1. The minimum atomic E-state index is -0.725. The number of nitro benzene ring substituents is 1. The Hall–Kier alpha value is -2.64. The van der Waals surface area contributed by atoms with Crippen LogP contribution in [0.3, 0.4) is 0 Å². The van der Waals surface area contributed by atoms with Gasteiger partial charge in [-0.15, -0.1) is 0 Å². The van der Waals surface area contributed by atoms with Crippen molar-refractivity contribution in [1.29, 1.82) is 0 Å². The molecule has 0 aliphatic carbocycles. The fourth-order valence-corrected chi connectivity index (χ4v) is 2.28. The topological polar surface area (TPSA) is 99.0 Å². The summed E-state index contributed by atoms with van der Waals surface area (Å²) in [4.78, 5) is 36.1. The van der Waals surface area contributed by atoms with Gasteiger partial charge in [0.05, 0.1) is 17.2 Å². The maximum atomic E-state index is 12.5. The van der Waals surface area contributed by atoms with Crippen LogP contribution in [0.1, 0.15) is 27.2 Å². The van der Waals surface area contributed by atoms with Gasteiger partial charge < -0.3 is 9.47 Å². The minimum Gasteiger partial charge on any atom is -0.478 e. The predicted molar refractivity (Wildman–Crippen MR) is 86.0 cm³/mol. The number of hydrogen-bond donors (Lipinski definition) is 0. The van der Waals surface area contributed by atoms with Gasteiger partial charge in [0.25, 0.3) is 11.6 Å². The van der Waals surface area contributed by atoms with Crippen molar-refractivity contribution in [3.05, 3.63) is 28.3 Å². The Morgan fingerprint density at radius 2 is 2.17 bits per heavy atom. The number of hydrogen-bond acceptors (Lipinski definition) is 6. The number of ether oxygens (including phenoxy) is 2. The maximum absolute atomic E-state index is 12.5. The lowest BCUT2D eigenvalue weighted by atomic mass is 10.1. The Morgan fingerprint density at radius 1 is 1.46 bits per heavy atom. The summed E-state index contributed by atoms with van der Waals surface area (Å²) in [6.45, 7) is 5.53. The molecule has 130 valence electrons. The SMILES string of the molecule is CCC1Oc2ccc([N+](=O)[O-])cc2N(CC(=O)OCC(C)C)C1=O. The molecule has 0 bridgehead atoms. The average molecular weight is 336 g/mol. The van der Waals surface area contributed by atoms with Crippen molar-refractivity contribution in [2.75, 3.05) is 18.1 Å². The first-order valence-corrected chi connectivity index (χ1v) is 7.75. The molecule has 1 heterocycles. The summed E-state index contributed by atoms with van der Waals surface area (Å²) in [6.07, 6.45) is -0.302. The zero-order chi connectivity index (χ0) is 17.9. The van der Waals surface area contributed by atoms with Crippen LogP contribution in [0, 0.1) is 16.0 Å². The number of fused-ring (bicyclic) bond motifs is 1. The quantitative estimate of drug-likeness (QED) is 0.449. The highest BCUT2D eigenvalue weighted by Crippen LogP contribution is 2.37. The average Bonchev–Trinajstić information content (AvgIpc) is 2.54. The minimum absolute atomic E-state index is 0.172. The molecule has 1 unspecified atom stereocenters. The number of rotatable bonds is 6. The van der Waals surface area contributed by atoms with E-state index in [1.165, 1.54) is 23.1 Å². The molecule has 0 aromatic heterocycles. The van der Waals surface area contributed by atoms with Crippen LogP contribution in [0.2, 0.25) is 0 Å². The molecule has 1 aliphatic rings. The van der Waals surface area contributed by atoms with E-state index in [9.17, 15) is 19.7 Å². The third-order valence-electron chi connectivity index (χ3n) is 3.49. The molecule has 1 atom stereocenters. The van der Waals surface area contributed by atoms with E-state index in [0.29, 0.717) is 12.2 Å². The summed E-state index contributed by atoms with van der Waals surface area (Å²) >= 11 is 0. The van der Waals surface area contributed by atoms with Crippen LogP contribution in [-0.2, 0) is 14.3 Å². The smallest absolute Gasteiger partial charge is 0.326 e. The van der Waals surface area contributed by atoms with Gasteiger partial charge in [0.15, 0.2) is 6.10 Å². The standard InChI is InChI=1S/C16H20N2O6/c1-4-13-16(20)17(8-15(19)23-9-10(2)3)12-7-11(18(21)22)5-6-14(12)24-13/h5-7,10,13H,4,8-9H2,1-3H3. The van der Waals surface area contributed by atoms with Gasteiger partial charge in [-0.25, -0.2) is 0 Å². The molecule has 0 radical (unpaired) electrons. The Morgan fingerprint density at radius 3 is 2.75 bits per heavy atom. The van der Waals surface area contributed by atoms with E-state index in [1.807, 2.05) is 13.8 Å². The van der Waals surface area contributed by atoms with Crippen molar-refractivity contribution in [2.45, 2.75) is 33.3 Å². The summed E-state index contributed by atoms with van der Waals surface area (Å²) in [5, 5.41) is 11.0. The molecular weight excluding hydrogens is 316 g/mol. The lowest BCUT2D eigenvalue weighted by molar-refractivity contribution is -0.384. The Balaban J connectivity index is 2.30. The second-order valence-electron chi connectivity index (χ2n) is 5.93. The van der Waals surface area contributed by atoms with Gasteiger partial charge >= 0.3 is 5.97 Å². The molecule has 1 amide bonds. The fraction of sp³-hybridized carbons (Fsp3) is 0.500. The molecule has 1 aromatic carbocycles. The highest BCUT2D eigenvalue weighted by molar-refractivity contribution is 6.03. The Labute approximate surface area is 139 Å². The van der Waals surface area contributed by atoms with E-state index in [1.54, 1.807) is 6.92 Å². The van der Waals surface area contributed by atoms with Crippen LogP contribution in [-0.4, -0.2) is 36.1 Å². The third-order valence-corrected chi connectivity index (χ3v) is 3.49. The number of carbonyl (C=O) groups excluding carboxylic acids is 2. The van der Waals surface area contributed by atoms with E-state index in [-0.39, 0.29) is 30.4 Å². The lowest BCUT2D eigenvalue weighted by Crippen LogP contribution is -2.48. The van der Waals surface area contributed by atoms with Crippen LogP contribution in [0.4, 0.5) is 11.4 Å². The molecule has 0 saturated heterocycles. The number of nitrogens with zero attached hydrogens (tertiary/aromatic N) is 2.